The minimum Gasteiger partial charge on any atom is -0.368 e. The first-order valence-electron chi connectivity index (χ1n) is 5.86. The Bertz CT molecular complexity index is 737. The second kappa shape index (κ2) is 3.63. The van der Waals surface area contributed by atoms with Crippen molar-refractivity contribution < 1.29 is 4.52 Å². The maximum absolute atomic E-state index is 5.55. The van der Waals surface area contributed by atoms with Crippen LogP contribution >= 0.6 is 0 Å². The number of aromatic nitrogens is 2. The van der Waals surface area contributed by atoms with Crippen molar-refractivity contribution in [3.63, 3.8) is 0 Å². The van der Waals surface area contributed by atoms with Crippen LogP contribution in [0, 0.1) is 13.8 Å². The van der Waals surface area contributed by atoms with Gasteiger partial charge >= 0.3 is 0 Å². The topological polar surface area (TPSA) is 57.0 Å². The third-order valence-electron chi connectivity index (χ3n) is 3.63. The minimum atomic E-state index is 0.337. The fraction of sp³-hybridized carbons (Fsp3) is 0.214. The number of nitrogen functional groups attached to an aromatic ring is 1. The summed E-state index contributed by atoms with van der Waals surface area (Å²) in [4.78, 5) is 0. The van der Waals surface area contributed by atoms with Gasteiger partial charge in [-0.25, -0.2) is 0 Å². The lowest BCUT2D eigenvalue weighted by atomic mass is 10.1. The van der Waals surface area contributed by atoms with Gasteiger partial charge in [-0.1, -0.05) is 17.3 Å². The van der Waals surface area contributed by atoms with Crippen molar-refractivity contribution in [3.05, 3.63) is 35.5 Å². The molecule has 3 aromatic rings. The van der Waals surface area contributed by atoms with Gasteiger partial charge in [-0.05, 0) is 25.5 Å². The second-order valence-electron chi connectivity index (χ2n) is 4.62. The van der Waals surface area contributed by atoms with Crippen LogP contribution in [0.2, 0.25) is 0 Å². The van der Waals surface area contributed by atoms with E-state index in [-0.39, 0.29) is 0 Å². The van der Waals surface area contributed by atoms with Crippen molar-refractivity contribution >= 4 is 16.8 Å². The van der Waals surface area contributed by atoms with Crippen molar-refractivity contribution in [2.45, 2.75) is 13.8 Å². The fourth-order valence-electron chi connectivity index (χ4n) is 2.34. The summed E-state index contributed by atoms with van der Waals surface area (Å²) in [6.07, 6.45) is 0. The predicted molar refractivity (Wildman–Crippen MR) is 72.3 cm³/mol. The number of hydrogen-bond donors (Lipinski definition) is 1. The highest BCUT2D eigenvalue weighted by atomic mass is 16.5. The SMILES string of the molecule is Cc1c(C)n(C)c2cc(-c3cc(N)on3)ccc12. The highest BCUT2D eigenvalue weighted by Gasteiger charge is 2.11. The average Bonchev–Trinajstić information content (AvgIpc) is 2.89. The molecule has 18 heavy (non-hydrogen) atoms. The van der Waals surface area contributed by atoms with Crippen molar-refractivity contribution in [2.75, 3.05) is 5.73 Å². The largest absolute Gasteiger partial charge is 0.368 e. The highest BCUT2D eigenvalue weighted by Crippen LogP contribution is 2.29. The number of nitrogens with zero attached hydrogens (tertiary/aromatic N) is 2. The van der Waals surface area contributed by atoms with E-state index >= 15 is 0 Å². The number of benzene rings is 1. The van der Waals surface area contributed by atoms with Crippen LogP contribution in [0.1, 0.15) is 11.3 Å². The summed E-state index contributed by atoms with van der Waals surface area (Å²) in [5.74, 6) is 0.337. The van der Waals surface area contributed by atoms with Crippen LogP contribution in [0.5, 0.6) is 0 Å². The summed E-state index contributed by atoms with van der Waals surface area (Å²) in [5, 5.41) is 5.22. The first-order valence-corrected chi connectivity index (χ1v) is 5.86. The molecule has 4 heteroatoms. The molecular weight excluding hydrogens is 226 g/mol. The molecule has 1 aromatic carbocycles. The Morgan fingerprint density at radius 3 is 2.67 bits per heavy atom. The number of nitrogens with two attached hydrogens (primary N) is 1. The van der Waals surface area contributed by atoms with E-state index in [1.165, 1.54) is 22.2 Å². The lowest BCUT2D eigenvalue weighted by Crippen LogP contribution is -1.90. The van der Waals surface area contributed by atoms with E-state index in [9.17, 15) is 0 Å². The molecule has 0 aliphatic carbocycles. The zero-order valence-electron chi connectivity index (χ0n) is 10.7. The molecule has 0 atom stereocenters. The van der Waals surface area contributed by atoms with E-state index in [1.807, 2.05) is 6.07 Å². The van der Waals surface area contributed by atoms with Crippen molar-refractivity contribution in [1.29, 1.82) is 0 Å². The molecule has 0 aliphatic heterocycles. The third-order valence-corrected chi connectivity index (χ3v) is 3.63. The molecule has 0 spiro atoms. The quantitative estimate of drug-likeness (QED) is 0.712. The molecule has 2 N–H and O–H groups in total. The van der Waals surface area contributed by atoms with Gasteiger partial charge in [-0.3, -0.25) is 0 Å². The smallest absolute Gasteiger partial charge is 0.222 e. The molecule has 0 saturated heterocycles. The molecular formula is C14H15N3O. The van der Waals surface area contributed by atoms with Gasteiger partial charge in [0.1, 0.15) is 5.69 Å². The Hall–Kier alpha value is -2.23. The van der Waals surface area contributed by atoms with E-state index in [0.717, 1.165) is 11.3 Å². The van der Waals surface area contributed by atoms with Crippen molar-refractivity contribution in [1.82, 2.24) is 9.72 Å². The van der Waals surface area contributed by atoms with Crippen molar-refractivity contribution in [3.8, 4) is 11.3 Å². The van der Waals surface area contributed by atoms with Gasteiger partial charge < -0.3 is 14.8 Å². The zero-order valence-corrected chi connectivity index (χ0v) is 10.7. The van der Waals surface area contributed by atoms with E-state index in [0.29, 0.717) is 5.88 Å². The number of hydrogen-bond acceptors (Lipinski definition) is 3. The van der Waals surface area contributed by atoms with Gasteiger partial charge in [0, 0.05) is 35.3 Å². The molecule has 4 nitrogen and oxygen atoms in total. The van der Waals surface area contributed by atoms with Gasteiger partial charge in [0.2, 0.25) is 5.88 Å². The maximum Gasteiger partial charge on any atom is 0.222 e. The van der Waals surface area contributed by atoms with Crippen LogP contribution in [0.15, 0.2) is 28.8 Å². The first-order chi connectivity index (χ1) is 8.58. The van der Waals surface area contributed by atoms with Gasteiger partial charge in [0.15, 0.2) is 0 Å². The normalized spacial score (nSPS) is 11.3. The molecule has 2 heterocycles. The Morgan fingerprint density at radius 1 is 1.22 bits per heavy atom. The Labute approximate surface area is 105 Å². The monoisotopic (exact) mass is 241 g/mol. The lowest BCUT2D eigenvalue weighted by molar-refractivity contribution is 0.439. The Balaban J connectivity index is 2.25. The molecule has 2 aromatic heterocycles. The maximum atomic E-state index is 5.55. The van der Waals surface area contributed by atoms with Crippen LogP contribution in [0.4, 0.5) is 5.88 Å². The standard InChI is InChI=1S/C14H15N3O/c1-8-9(2)17(3)13-6-10(4-5-11(8)13)12-7-14(15)18-16-12/h4-7H,15H2,1-3H3. The first kappa shape index (κ1) is 10.9. The van der Waals surface area contributed by atoms with Gasteiger partial charge in [0.05, 0.1) is 0 Å². The zero-order chi connectivity index (χ0) is 12.9. The van der Waals surface area contributed by atoms with E-state index in [2.05, 4.69) is 42.8 Å². The molecule has 0 aliphatic rings. The molecule has 92 valence electrons. The van der Waals surface area contributed by atoms with E-state index < -0.39 is 0 Å². The molecule has 0 radical (unpaired) electrons. The molecule has 0 fully saturated rings. The van der Waals surface area contributed by atoms with Crippen LogP contribution in [-0.2, 0) is 7.05 Å². The number of rotatable bonds is 1. The molecule has 0 bridgehead atoms. The number of aryl methyl sites for hydroxylation is 2. The van der Waals surface area contributed by atoms with Crippen LogP contribution in [-0.4, -0.2) is 9.72 Å². The molecule has 0 unspecified atom stereocenters. The lowest BCUT2D eigenvalue weighted by Gasteiger charge is -2.00. The van der Waals surface area contributed by atoms with Crippen LogP contribution < -0.4 is 5.73 Å². The summed E-state index contributed by atoms with van der Waals surface area (Å²) in [6.45, 7) is 4.27. The Kier molecular flexibility index (Phi) is 2.20. The molecule has 0 amide bonds. The van der Waals surface area contributed by atoms with E-state index in [1.54, 1.807) is 6.07 Å². The number of anilines is 1. The minimum absolute atomic E-state index is 0.337. The third kappa shape index (κ3) is 1.42. The molecule has 0 saturated carbocycles. The van der Waals surface area contributed by atoms with Gasteiger partial charge in [0.25, 0.3) is 0 Å². The summed E-state index contributed by atoms with van der Waals surface area (Å²) in [5.41, 5.74) is 11.1. The Morgan fingerprint density at radius 2 is 2.00 bits per heavy atom. The summed E-state index contributed by atoms with van der Waals surface area (Å²) < 4.78 is 7.10. The summed E-state index contributed by atoms with van der Waals surface area (Å²) in [6, 6.07) is 8.03. The number of fused-ring (bicyclic) bond motifs is 1. The summed E-state index contributed by atoms with van der Waals surface area (Å²) >= 11 is 0. The van der Waals surface area contributed by atoms with E-state index in [4.69, 9.17) is 10.3 Å². The average molecular weight is 241 g/mol. The van der Waals surface area contributed by atoms with Crippen LogP contribution in [0.3, 0.4) is 0 Å². The molecule has 3 rings (SSSR count). The fourth-order valence-corrected chi connectivity index (χ4v) is 2.34. The highest BCUT2D eigenvalue weighted by molar-refractivity contribution is 5.88. The van der Waals surface area contributed by atoms with Crippen LogP contribution in [0.25, 0.3) is 22.2 Å². The second-order valence-corrected chi connectivity index (χ2v) is 4.62. The van der Waals surface area contributed by atoms with Crippen molar-refractivity contribution in [2.24, 2.45) is 7.05 Å². The summed E-state index contributed by atoms with van der Waals surface area (Å²) in [7, 11) is 2.08. The van der Waals surface area contributed by atoms with Gasteiger partial charge in [-0.2, -0.15) is 0 Å². The predicted octanol–water partition coefficient (Wildman–Crippen LogP) is 3.03. The van der Waals surface area contributed by atoms with Gasteiger partial charge in [-0.15, -0.1) is 0 Å².